The van der Waals surface area contributed by atoms with Gasteiger partial charge in [-0.2, -0.15) is 0 Å². The molecule has 1 saturated carbocycles. The summed E-state index contributed by atoms with van der Waals surface area (Å²) in [6.45, 7) is 0.189. The van der Waals surface area contributed by atoms with Crippen LogP contribution in [0.25, 0.3) is 0 Å². The first kappa shape index (κ1) is 16.4. The molecule has 0 bridgehead atoms. The monoisotopic (exact) mass is 347 g/mol. The van der Waals surface area contributed by atoms with Crippen LogP contribution in [0, 0.1) is 0 Å². The SMILES string of the molecule is O=C(CNC(=O)NCc1ccco1)NC1(c2ccc(Cl)cc2)CC1. The zero-order chi connectivity index (χ0) is 17.0. The molecule has 2 aromatic rings. The van der Waals surface area contributed by atoms with Crippen LogP contribution in [0.1, 0.15) is 24.2 Å². The summed E-state index contributed by atoms with van der Waals surface area (Å²) in [5.41, 5.74) is 0.705. The van der Waals surface area contributed by atoms with E-state index < -0.39 is 6.03 Å². The second kappa shape index (κ2) is 6.97. The molecule has 1 heterocycles. The summed E-state index contributed by atoms with van der Waals surface area (Å²) in [6, 6.07) is 10.5. The lowest BCUT2D eigenvalue weighted by Crippen LogP contribution is -2.44. The van der Waals surface area contributed by atoms with E-state index in [1.807, 2.05) is 24.3 Å². The van der Waals surface area contributed by atoms with Gasteiger partial charge in [-0.3, -0.25) is 4.79 Å². The minimum atomic E-state index is -0.419. The average Bonchev–Trinajstić information content (AvgIpc) is 3.15. The minimum absolute atomic E-state index is 0.0840. The molecule has 24 heavy (non-hydrogen) atoms. The van der Waals surface area contributed by atoms with Gasteiger partial charge < -0.3 is 20.4 Å². The summed E-state index contributed by atoms with van der Waals surface area (Å²) < 4.78 is 5.11. The van der Waals surface area contributed by atoms with Crippen molar-refractivity contribution in [1.82, 2.24) is 16.0 Å². The molecular formula is C17H18ClN3O3. The lowest BCUT2D eigenvalue weighted by Gasteiger charge is -2.18. The number of urea groups is 1. The van der Waals surface area contributed by atoms with Crippen molar-refractivity contribution in [2.75, 3.05) is 6.54 Å². The van der Waals surface area contributed by atoms with Crippen LogP contribution in [-0.2, 0) is 16.9 Å². The highest BCUT2D eigenvalue weighted by molar-refractivity contribution is 6.30. The van der Waals surface area contributed by atoms with Gasteiger partial charge in [0, 0.05) is 5.02 Å². The van der Waals surface area contributed by atoms with Crippen molar-refractivity contribution in [3.63, 3.8) is 0 Å². The van der Waals surface area contributed by atoms with Crippen LogP contribution in [0.15, 0.2) is 47.1 Å². The van der Waals surface area contributed by atoms with Crippen LogP contribution in [0.3, 0.4) is 0 Å². The van der Waals surface area contributed by atoms with E-state index >= 15 is 0 Å². The fourth-order valence-electron chi connectivity index (χ4n) is 2.49. The third-order valence-corrected chi connectivity index (χ3v) is 4.19. The van der Waals surface area contributed by atoms with E-state index in [1.54, 1.807) is 12.1 Å². The average molecular weight is 348 g/mol. The molecule has 6 nitrogen and oxygen atoms in total. The Labute approximate surface area is 144 Å². The molecule has 1 aliphatic rings. The summed E-state index contributed by atoms with van der Waals surface area (Å²) in [4.78, 5) is 23.8. The highest BCUT2D eigenvalue weighted by Gasteiger charge is 2.45. The smallest absolute Gasteiger partial charge is 0.315 e. The van der Waals surface area contributed by atoms with Gasteiger partial charge in [-0.15, -0.1) is 0 Å². The fraction of sp³-hybridized carbons (Fsp3) is 0.294. The molecule has 3 N–H and O–H groups in total. The molecular weight excluding hydrogens is 330 g/mol. The van der Waals surface area contributed by atoms with Crippen molar-refractivity contribution in [2.45, 2.75) is 24.9 Å². The first-order valence-electron chi connectivity index (χ1n) is 7.69. The standard InChI is InChI=1S/C17H18ClN3O3/c18-13-5-3-12(4-6-13)17(7-8-17)21-15(22)11-20-16(23)19-10-14-2-1-9-24-14/h1-6,9H,7-8,10-11H2,(H,21,22)(H2,19,20,23). The molecule has 1 fully saturated rings. The van der Waals surface area contributed by atoms with Gasteiger partial charge in [-0.1, -0.05) is 23.7 Å². The normalized spacial score (nSPS) is 14.7. The predicted molar refractivity (Wildman–Crippen MR) is 89.5 cm³/mol. The number of furan rings is 1. The van der Waals surface area contributed by atoms with E-state index in [0.29, 0.717) is 10.8 Å². The summed E-state index contributed by atoms with van der Waals surface area (Å²) in [6.07, 6.45) is 3.30. The van der Waals surface area contributed by atoms with Gasteiger partial charge in [0.2, 0.25) is 5.91 Å². The molecule has 0 aliphatic heterocycles. The molecule has 0 radical (unpaired) electrons. The van der Waals surface area contributed by atoms with Crippen LogP contribution in [0.4, 0.5) is 4.79 Å². The van der Waals surface area contributed by atoms with Crippen molar-refractivity contribution in [2.24, 2.45) is 0 Å². The molecule has 3 rings (SSSR count). The number of hydrogen-bond donors (Lipinski definition) is 3. The van der Waals surface area contributed by atoms with E-state index in [9.17, 15) is 9.59 Å². The van der Waals surface area contributed by atoms with Gasteiger partial charge in [0.15, 0.2) is 0 Å². The second-order valence-electron chi connectivity index (χ2n) is 5.75. The zero-order valence-corrected chi connectivity index (χ0v) is 13.7. The fourth-order valence-corrected chi connectivity index (χ4v) is 2.62. The molecule has 126 valence electrons. The van der Waals surface area contributed by atoms with Crippen molar-refractivity contribution in [1.29, 1.82) is 0 Å². The molecule has 3 amide bonds. The largest absolute Gasteiger partial charge is 0.467 e. The Morgan fingerprint density at radius 2 is 1.88 bits per heavy atom. The van der Waals surface area contributed by atoms with Crippen LogP contribution < -0.4 is 16.0 Å². The predicted octanol–water partition coefficient (Wildman–Crippen LogP) is 2.54. The van der Waals surface area contributed by atoms with Crippen LogP contribution in [0.2, 0.25) is 5.02 Å². The third kappa shape index (κ3) is 4.08. The van der Waals surface area contributed by atoms with E-state index in [-0.39, 0.29) is 24.5 Å². The number of carbonyl (C=O) groups is 2. The van der Waals surface area contributed by atoms with Gasteiger partial charge in [-0.05, 0) is 42.7 Å². The Hall–Kier alpha value is -2.47. The number of rotatable bonds is 6. The lowest BCUT2D eigenvalue weighted by molar-refractivity contribution is -0.121. The minimum Gasteiger partial charge on any atom is -0.467 e. The number of nitrogens with one attached hydrogen (secondary N) is 3. The van der Waals surface area contributed by atoms with Crippen molar-refractivity contribution in [3.8, 4) is 0 Å². The summed E-state index contributed by atoms with van der Waals surface area (Å²) in [5, 5.41) is 8.80. The molecule has 0 unspecified atom stereocenters. The van der Waals surface area contributed by atoms with Gasteiger partial charge in [0.1, 0.15) is 5.76 Å². The molecule has 1 aromatic heterocycles. The quantitative estimate of drug-likeness (QED) is 0.751. The summed E-state index contributed by atoms with van der Waals surface area (Å²) in [5.74, 6) is 0.421. The van der Waals surface area contributed by atoms with Crippen molar-refractivity contribution < 1.29 is 14.0 Å². The van der Waals surface area contributed by atoms with E-state index in [1.165, 1.54) is 6.26 Å². The molecule has 0 atom stereocenters. The molecule has 7 heteroatoms. The zero-order valence-electron chi connectivity index (χ0n) is 13.0. The number of benzene rings is 1. The summed E-state index contributed by atoms with van der Waals surface area (Å²) in [7, 11) is 0. The number of amides is 3. The Kier molecular flexibility index (Phi) is 4.76. The molecule has 0 saturated heterocycles. The topological polar surface area (TPSA) is 83.4 Å². The molecule has 1 aliphatic carbocycles. The van der Waals surface area contributed by atoms with Crippen LogP contribution >= 0.6 is 11.6 Å². The molecule has 1 aromatic carbocycles. The van der Waals surface area contributed by atoms with Crippen LogP contribution in [-0.4, -0.2) is 18.5 Å². The van der Waals surface area contributed by atoms with E-state index in [4.69, 9.17) is 16.0 Å². The van der Waals surface area contributed by atoms with Crippen molar-refractivity contribution in [3.05, 3.63) is 59.0 Å². The molecule has 0 spiro atoms. The Morgan fingerprint density at radius 3 is 2.50 bits per heavy atom. The van der Waals surface area contributed by atoms with Gasteiger partial charge in [0.25, 0.3) is 0 Å². The Bertz CT molecular complexity index is 709. The Balaban J connectivity index is 1.44. The third-order valence-electron chi connectivity index (χ3n) is 3.94. The number of carbonyl (C=O) groups excluding carboxylic acids is 2. The van der Waals surface area contributed by atoms with E-state index in [2.05, 4.69) is 16.0 Å². The van der Waals surface area contributed by atoms with Gasteiger partial charge in [0.05, 0.1) is 24.9 Å². The number of halogens is 1. The van der Waals surface area contributed by atoms with Crippen molar-refractivity contribution >= 4 is 23.5 Å². The number of hydrogen-bond acceptors (Lipinski definition) is 3. The maximum Gasteiger partial charge on any atom is 0.315 e. The van der Waals surface area contributed by atoms with Crippen LogP contribution in [0.5, 0.6) is 0 Å². The van der Waals surface area contributed by atoms with Gasteiger partial charge in [-0.25, -0.2) is 4.79 Å². The first-order valence-corrected chi connectivity index (χ1v) is 8.06. The first-order chi connectivity index (χ1) is 11.6. The van der Waals surface area contributed by atoms with Gasteiger partial charge >= 0.3 is 6.03 Å². The highest BCUT2D eigenvalue weighted by Crippen LogP contribution is 2.45. The lowest BCUT2D eigenvalue weighted by atomic mass is 10.1. The Morgan fingerprint density at radius 1 is 1.12 bits per heavy atom. The maximum absolute atomic E-state index is 12.1. The second-order valence-corrected chi connectivity index (χ2v) is 6.19. The maximum atomic E-state index is 12.1. The highest BCUT2D eigenvalue weighted by atomic mass is 35.5. The summed E-state index contributed by atoms with van der Waals surface area (Å²) >= 11 is 5.89. The van der Waals surface area contributed by atoms with E-state index in [0.717, 1.165) is 18.4 Å².